The van der Waals surface area contributed by atoms with E-state index in [1.54, 1.807) is 51.2 Å². The number of cyclic esters (lactones) is 1. The van der Waals surface area contributed by atoms with Crippen LogP contribution in [0, 0.1) is 5.41 Å². The van der Waals surface area contributed by atoms with Crippen LogP contribution in [0.15, 0.2) is 60.7 Å². The van der Waals surface area contributed by atoms with Crippen LogP contribution < -0.4 is 25.9 Å². The molecule has 0 unspecified atom stereocenters. The quantitative estimate of drug-likeness (QED) is 0.297. The zero-order chi connectivity index (χ0) is 35.5. The Hall–Kier alpha value is -5.02. The van der Waals surface area contributed by atoms with E-state index < -0.39 is 51.4 Å². The highest BCUT2D eigenvalue weighted by molar-refractivity contribution is 7.92. The van der Waals surface area contributed by atoms with Gasteiger partial charge in [0.2, 0.25) is 10.0 Å². The van der Waals surface area contributed by atoms with Crippen LogP contribution in [-0.4, -0.2) is 80.1 Å². The molecule has 2 aromatic carbocycles. The first-order valence-corrected chi connectivity index (χ1v) is 17.8. The third kappa shape index (κ3) is 8.91. The molecule has 49 heavy (non-hydrogen) atoms. The second kappa shape index (κ2) is 14.2. The molecule has 3 amide bonds. The molecule has 1 aromatic heterocycles. The summed E-state index contributed by atoms with van der Waals surface area (Å²) in [5, 5.41) is 6.40. The average Bonchev–Trinajstić information content (AvgIpc) is 3.06. The van der Waals surface area contributed by atoms with Gasteiger partial charge in [0.25, 0.3) is 17.7 Å². The Labute approximate surface area is 285 Å². The van der Waals surface area contributed by atoms with Crippen LogP contribution in [0.4, 0.5) is 11.5 Å². The smallest absolute Gasteiger partial charge is 0.316 e. The van der Waals surface area contributed by atoms with Gasteiger partial charge in [-0.05, 0) is 75.1 Å². The average molecular weight is 692 g/mol. The van der Waals surface area contributed by atoms with Gasteiger partial charge in [0.15, 0.2) is 6.10 Å². The molecule has 3 aromatic rings. The normalized spacial score (nSPS) is 23.0. The molecular weight excluding hydrogens is 650 g/mol. The van der Waals surface area contributed by atoms with Gasteiger partial charge in [-0.15, -0.1) is 0 Å². The number of carbonyl (C=O) groups excluding carboxylic acids is 4. The van der Waals surface area contributed by atoms with Crippen molar-refractivity contribution in [3.63, 3.8) is 0 Å². The zero-order valence-corrected chi connectivity index (χ0v) is 28.8. The summed E-state index contributed by atoms with van der Waals surface area (Å²) in [5.41, 5.74) is 7.01. The van der Waals surface area contributed by atoms with Gasteiger partial charge in [0, 0.05) is 31.1 Å². The van der Waals surface area contributed by atoms with Crippen LogP contribution in [0.5, 0.6) is 0 Å². The second-order valence-electron chi connectivity index (χ2n) is 12.9. The van der Waals surface area contributed by atoms with Gasteiger partial charge in [-0.1, -0.05) is 36.4 Å². The molecule has 0 spiro atoms. The number of esters is 1. The molecule has 5 bridgehead atoms. The third-order valence-corrected chi connectivity index (χ3v) is 8.87. The fourth-order valence-corrected chi connectivity index (χ4v) is 5.99. The maximum atomic E-state index is 13.7. The minimum absolute atomic E-state index is 0.0478. The predicted molar refractivity (Wildman–Crippen MR) is 185 cm³/mol. The van der Waals surface area contributed by atoms with Crippen LogP contribution in [0.3, 0.4) is 0 Å². The van der Waals surface area contributed by atoms with Crippen molar-refractivity contribution in [2.75, 3.05) is 29.6 Å². The number of fused-ring (bicyclic) bond motifs is 4. The van der Waals surface area contributed by atoms with Crippen LogP contribution in [0.1, 0.15) is 44.7 Å². The van der Waals surface area contributed by atoms with Crippen LogP contribution in [-0.2, 0) is 40.4 Å². The highest BCUT2D eigenvalue weighted by Gasteiger charge is 2.35. The maximum Gasteiger partial charge on any atom is 0.316 e. The number of nitrogens with one attached hydrogen (secondary N) is 4. The Morgan fingerprint density at radius 2 is 1.73 bits per heavy atom. The summed E-state index contributed by atoms with van der Waals surface area (Å²) in [6.45, 7) is 5.17. The first kappa shape index (κ1) is 35.3. The van der Waals surface area contributed by atoms with Crippen molar-refractivity contribution in [1.29, 1.82) is 0 Å². The number of rotatable bonds is 4. The Kier molecular flexibility index (Phi) is 10.2. The van der Waals surface area contributed by atoms with Crippen molar-refractivity contribution < 1.29 is 32.3 Å². The molecule has 3 heterocycles. The molecule has 0 radical (unpaired) electrons. The van der Waals surface area contributed by atoms with Crippen molar-refractivity contribution in [3.05, 3.63) is 71.8 Å². The van der Waals surface area contributed by atoms with Gasteiger partial charge in [-0.3, -0.25) is 39.3 Å². The molecule has 1 saturated heterocycles. The van der Waals surface area contributed by atoms with Crippen LogP contribution >= 0.6 is 0 Å². The molecule has 2 aliphatic rings. The number of benzene rings is 2. The summed E-state index contributed by atoms with van der Waals surface area (Å²) in [6, 6.07) is 13.9. The van der Waals surface area contributed by atoms with E-state index in [0.29, 0.717) is 42.0 Å². The standard InChI is InChI=1S/C34H41N7O7S/c1-21-32(44)41-18-6-7-26(37-41)30(42)38-40(4)29-15-12-24-11-8-23(19-27(24)36-29)16-17-34(2,3)33(45)48-28(31(43)35-21)20-22-9-13-25(14-10-22)39-49(5,46)47/h8-17,19,21,26,28,37,39H,6-7,18,20H2,1-5H3,(H,35,43)(H,38,42)/b17-16+/t21-,26-,28-/m0/s1. The van der Waals surface area contributed by atoms with Gasteiger partial charge >= 0.3 is 5.97 Å². The molecule has 0 aliphatic carbocycles. The van der Waals surface area contributed by atoms with E-state index in [4.69, 9.17) is 9.72 Å². The number of pyridine rings is 1. The number of amides is 3. The van der Waals surface area contributed by atoms with Gasteiger partial charge in [0.1, 0.15) is 17.9 Å². The third-order valence-electron chi connectivity index (χ3n) is 8.26. The van der Waals surface area contributed by atoms with Crippen molar-refractivity contribution in [2.45, 2.75) is 58.2 Å². The number of sulfonamides is 1. The summed E-state index contributed by atoms with van der Waals surface area (Å²) < 4.78 is 31.5. The summed E-state index contributed by atoms with van der Waals surface area (Å²) in [5.74, 6) is -1.68. The lowest BCUT2D eigenvalue weighted by Gasteiger charge is -2.35. The first-order chi connectivity index (χ1) is 23.1. The lowest BCUT2D eigenvalue weighted by molar-refractivity contribution is -0.162. The molecule has 1 fully saturated rings. The monoisotopic (exact) mass is 691 g/mol. The number of hydrazine groups is 2. The summed E-state index contributed by atoms with van der Waals surface area (Å²) >= 11 is 0. The van der Waals surface area contributed by atoms with E-state index in [9.17, 15) is 27.6 Å². The molecule has 15 heteroatoms. The number of anilines is 2. The Morgan fingerprint density at radius 3 is 2.45 bits per heavy atom. The Balaban J connectivity index is 1.47. The van der Waals surface area contributed by atoms with Gasteiger partial charge < -0.3 is 10.1 Å². The number of hydrogen-bond acceptors (Lipinski definition) is 10. The molecule has 3 atom stereocenters. The Morgan fingerprint density at radius 1 is 1.02 bits per heavy atom. The van der Waals surface area contributed by atoms with E-state index in [1.807, 2.05) is 24.3 Å². The van der Waals surface area contributed by atoms with Crippen molar-refractivity contribution in [1.82, 2.24) is 26.2 Å². The minimum Gasteiger partial charge on any atom is -0.451 e. The number of ether oxygens (including phenoxy) is 1. The molecule has 4 N–H and O–H groups in total. The molecule has 2 aliphatic heterocycles. The molecular formula is C34H41N7O7S. The van der Waals surface area contributed by atoms with Crippen molar-refractivity contribution in [2.24, 2.45) is 5.41 Å². The maximum absolute atomic E-state index is 13.7. The number of nitrogens with zero attached hydrogens (tertiary/aromatic N) is 3. The largest absolute Gasteiger partial charge is 0.451 e. The summed E-state index contributed by atoms with van der Waals surface area (Å²) in [7, 11) is -1.81. The van der Waals surface area contributed by atoms with E-state index >= 15 is 0 Å². The fraction of sp³-hybridized carbons (Fsp3) is 0.382. The SMILES string of the molecule is C[C@@H]1NC(=O)[C@H](Cc2ccc(NS(C)(=O)=O)cc2)OC(=O)C(C)(C)/C=C/c2ccc3ccc(nc3c2)N(C)NC(=O)[C@@H]2CCCN(N2)C1=O. The van der Waals surface area contributed by atoms with Gasteiger partial charge in [-0.2, -0.15) is 0 Å². The van der Waals surface area contributed by atoms with Gasteiger partial charge in [-0.25, -0.2) is 18.8 Å². The summed E-state index contributed by atoms with van der Waals surface area (Å²) in [6.07, 6.45) is 4.14. The zero-order valence-electron chi connectivity index (χ0n) is 28.0. The topological polar surface area (TPSA) is 179 Å². The van der Waals surface area contributed by atoms with Crippen molar-refractivity contribution in [3.8, 4) is 0 Å². The number of carbonyl (C=O) groups is 4. The minimum atomic E-state index is -3.49. The molecule has 0 saturated carbocycles. The van der Waals surface area contributed by atoms with Crippen LogP contribution in [0.25, 0.3) is 17.0 Å². The number of hydrogen-bond donors (Lipinski definition) is 4. The molecule has 5 rings (SSSR count). The van der Waals surface area contributed by atoms with E-state index in [1.165, 1.54) is 29.1 Å². The lowest BCUT2D eigenvalue weighted by Crippen LogP contribution is -2.62. The van der Waals surface area contributed by atoms with E-state index in [0.717, 1.165) is 17.2 Å². The van der Waals surface area contributed by atoms with E-state index in [2.05, 4.69) is 20.9 Å². The van der Waals surface area contributed by atoms with Gasteiger partial charge in [0.05, 0.1) is 17.2 Å². The van der Waals surface area contributed by atoms with E-state index in [-0.39, 0.29) is 12.3 Å². The summed E-state index contributed by atoms with van der Waals surface area (Å²) in [4.78, 5) is 58.7. The Bertz CT molecular complexity index is 1900. The number of aromatic nitrogens is 1. The first-order valence-electron chi connectivity index (χ1n) is 15.9. The predicted octanol–water partition coefficient (Wildman–Crippen LogP) is 2.28. The molecule has 14 nitrogen and oxygen atoms in total. The second-order valence-corrected chi connectivity index (χ2v) is 14.7. The highest BCUT2D eigenvalue weighted by atomic mass is 32.2. The highest BCUT2D eigenvalue weighted by Crippen LogP contribution is 2.25. The lowest BCUT2D eigenvalue weighted by atomic mass is 9.92. The van der Waals surface area contributed by atoms with Crippen LogP contribution in [0.2, 0.25) is 0 Å². The fourth-order valence-electron chi connectivity index (χ4n) is 5.43. The molecule has 260 valence electrons. The van der Waals surface area contributed by atoms with Crippen molar-refractivity contribution >= 4 is 62.2 Å².